The van der Waals surface area contributed by atoms with Gasteiger partial charge in [0.15, 0.2) is 10.9 Å². The molecule has 0 spiro atoms. The molecule has 31 heavy (non-hydrogen) atoms. The van der Waals surface area contributed by atoms with Gasteiger partial charge in [-0.1, -0.05) is 16.5 Å². The topological polar surface area (TPSA) is 135 Å². The third-order valence-corrected chi connectivity index (χ3v) is 5.54. The van der Waals surface area contributed by atoms with Gasteiger partial charge in [0.05, 0.1) is 35.0 Å². The summed E-state index contributed by atoms with van der Waals surface area (Å²) in [6.45, 7) is 4.66. The third kappa shape index (κ3) is 5.37. The first kappa shape index (κ1) is 22.2. The maximum absolute atomic E-state index is 12.5. The normalized spacial score (nSPS) is 15.5. The number of anilines is 1. The van der Waals surface area contributed by atoms with Crippen LogP contribution < -0.4 is 15.0 Å². The van der Waals surface area contributed by atoms with Crippen molar-refractivity contribution in [2.24, 2.45) is 5.92 Å². The number of carbonyl (C=O) groups is 3. The van der Waals surface area contributed by atoms with Crippen molar-refractivity contribution in [2.45, 2.75) is 26.8 Å². The molecule has 2 N–H and O–H groups in total. The van der Waals surface area contributed by atoms with Gasteiger partial charge in [-0.2, -0.15) is 0 Å². The van der Waals surface area contributed by atoms with Crippen molar-refractivity contribution >= 4 is 45.0 Å². The summed E-state index contributed by atoms with van der Waals surface area (Å²) in [6, 6.07) is 7.43. The van der Waals surface area contributed by atoms with Crippen LogP contribution in [0.4, 0.5) is 5.13 Å². The SMILES string of the molecule is CCOc1ccc2nc(N3CC(C(=O)NCc4cc(C)no4)CC3=O)sc2c1.O=CO. The summed E-state index contributed by atoms with van der Waals surface area (Å²) in [5.74, 6) is 0.674. The van der Waals surface area contributed by atoms with Crippen LogP contribution in [0.15, 0.2) is 28.8 Å². The number of fused-ring (bicyclic) bond motifs is 1. The molecule has 10 nitrogen and oxygen atoms in total. The monoisotopic (exact) mass is 446 g/mol. The highest BCUT2D eigenvalue weighted by Gasteiger charge is 2.36. The number of aryl methyl sites for hydroxylation is 1. The standard InChI is InChI=1S/C19H20N4O4S.CH2O2/c1-3-26-13-4-5-15-16(8-13)28-19(21-15)23-10-12(7-17(23)24)18(25)20-9-14-6-11(2)22-27-14;2-1-3/h4-6,8,12H,3,7,9-10H2,1-2H3,(H,20,25);1H,(H,2,3). The lowest BCUT2D eigenvalue weighted by Gasteiger charge is -2.12. The van der Waals surface area contributed by atoms with Crippen molar-refractivity contribution in [2.75, 3.05) is 18.1 Å². The van der Waals surface area contributed by atoms with Crippen LogP contribution in [-0.4, -0.2) is 46.7 Å². The second-order valence-electron chi connectivity index (χ2n) is 6.72. The summed E-state index contributed by atoms with van der Waals surface area (Å²) < 4.78 is 11.6. The summed E-state index contributed by atoms with van der Waals surface area (Å²) in [5, 5.41) is 14.1. The minimum absolute atomic E-state index is 0.0975. The first-order valence-corrected chi connectivity index (χ1v) is 10.4. The number of ether oxygens (including phenoxy) is 1. The molecule has 0 aliphatic carbocycles. The lowest BCUT2D eigenvalue weighted by molar-refractivity contribution is -0.126. The lowest BCUT2D eigenvalue weighted by Crippen LogP contribution is -2.32. The molecule has 1 fully saturated rings. The summed E-state index contributed by atoms with van der Waals surface area (Å²) in [7, 11) is 0. The highest BCUT2D eigenvalue weighted by molar-refractivity contribution is 7.22. The first-order chi connectivity index (χ1) is 14.9. The van der Waals surface area contributed by atoms with Gasteiger partial charge in [-0.25, -0.2) is 4.98 Å². The Morgan fingerprint density at radius 2 is 2.23 bits per heavy atom. The summed E-state index contributed by atoms with van der Waals surface area (Å²) >= 11 is 1.42. The van der Waals surface area contributed by atoms with Crippen LogP contribution in [-0.2, 0) is 20.9 Å². The Labute approximate surface area is 181 Å². The van der Waals surface area contributed by atoms with Gasteiger partial charge in [0, 0.05) is 19.0 Å². The molecule has 1 aliphatic heterocycles. The van der Waals surface area contributed by atoms with Crippen molar-refractivity contribution in [3.8, 4) is 5.75 Å². The smallest absolute Gasteiger partial charge is 0.290 e. The van der Waals surface area contributed by atoms with E-state index in [1.807, 2.05) is 32.0 Å². The largest absolute Gasteiger partial charge is 0.494 e. The van der Waals surface area contributed by atoms with Gasteiger partial charge in [-0.15, -0.1) is 0 Å². The molecule has 164 valence electrons. The minimum atomic E-state index is -0.414. The molecule has 3 heterocycles. The average Bonchev–Trinajstić information content (AvgIpc) is 3.44. The number of hydrogen-bond acceptors (Lipinski definition) is 8. The molecule has 0 bridgehead atoms. The van der Waals surface area contributed by atoms with Gasteiger partial charge in [-0.05, 0) is 32.0 Å². The first-order valence-electron chi connectivity index (χ1n) is 9.56. The van der Waals surface area contributed by atoms with E-state index in [1.165, 1.54) is 11.3 Å². The van der Waals surface area contributed by atoms with Crippen molar-refractivity contribution in [3.05, 3.63) is 35.7 Å². The van der Waals surface area contributed by atoms with E-state index in [4.69, 9.17) is 19.2 Å². The molecule has 1 unspecified atom stereocenters. The molecule has 1 aliphatic rings. The summed E-state index contributed by atoms with van der Waals surface area (Å²) in [5.41, 5.74) is 1.57. The molecule has 1 aromatic carbocycles. The molecule has 3 aromatic rings. The van der Waals surface area contributed by atoms with Gasteiger partial charge < -0.3 is 19.7 Å². The number of carbonyl (C=O) groups excluding carboxylic acids is 2. The Hall–Kier alpha value is -3.47. The van der Waals surface area contributed by atoms with Crippen LogP contribution in [0.25, 0.3) is 10.2 Å². The van der Waals surface area contributed by atoms with E-state index in [2.05, 4.69) is 15.5 Å². The molecule has 0 saturated carbocycles. The van der Waals surface area contributed by atoms with E-state index in [9.17, 15) is 9.59 Å². The van der Waals surface area contributed by atoms with Gasteiger partial charge in [0.1, 0.15) is 5.75 Å². The number of nitrogens with zero attached hydrogens (tertiary/aromatic N) is 3. The predicted octanol–water partition coefficient (Wildman–Crippen LogP) is 2.36. The van der Waals surface area contributed by atoms with Crippen LogP contribution in [0.1, 0.15) is 24.8 Å². The lowest BCUT2D eigenvalue weighted by atomic mass is 10.1. The van der Waals surface area contributed by atoms with Crippen LogP contribution in [0.5, 0.6) is 5.75 Å². The van der Waals surface area contributed by atoms with Crippen molar-refractivity contribution in [1.82, 2.24) is 15.5 Å². The second-order valence-corrected chi connectivity index (χ2v) is 7.73. The molecule has 4 rings (SSSR count). The number of nitrogens with one attached hydrogen (secondary N) is 1. The maximum Gasteiger partial charge on any atom is 0.290 e. The average molecular weight is 446 g/mol. The zero-order valence-electron chi connectivity index (χ0n) is 17.0. The van der Waals surface area contributed by atoms with Crippen LogP contribution in [0, 0.1) is 12.8 Å². The number of amides is 2. The molecule has 1 saturated heterocycles. The molecule has 2 amide bonds. The Morgan fingerprint density at radius 3 is 2.90 bits per heavy atom. The quantitative estimate of drug-likeness (QED) is 0.551. The van der Waals surface area contributed by atoms with Gasteiger partial charge in [0.2, 0.25) is 11.8 Å². The highest BCUT2D eigenvalue weighted by Crippen LogP contribution is 2.34. The fourth-order valence-corrected chi connectivity index (χ4v) is 4.17. The third-order valence-electron chi connectivity index (χ3n) is 4.50. The van der Waals surface area contributed by atoms with Crippen LogP contribution in [0.2, 0.25) is 0 Å². The van der Waals surface area contributed by atoms with Crippen molar-refractivity contribution in [3.63, 3.8) is 0 Å². The fraction of sp³-hybridized carbons (Fsp3) is 0.350. The number of carboxylic acid groups (broad SMARTS) is 1. The van der Waals surface area contributed by atoms with Crippen molar-refractivity contribution in [1.29, 1.82) is 0 Å². The zero-order valence-corrected chi connectivity index (χ0v) is 17.8. The van der Waals surface area contributed by atoms with Crippen LogP contribution >= 0.6 is 11.3 Å². The number of rotatable bonds is 6. The van der Waals surface area contributed by atoms with E-state index in [0.29, 0.717) is 24.0 Å². The molecule has 2 aromatic heterocycles. The molecule has 0 radical (unpaired) electrons. The van der Waals surface area contributed by atoms with E-state index < -0.39 is 5.92 Å². The Balaban J connectivity index is 0.000000858. The molecular formula is C20H22N4O6S. The molecule has 1 atom stereocenters. The van der Waals surface area contributed by atoms with Gasteiger partial charge >= 0.3 is 0 Å². The zero-order chi connectivity index (χ0) is 22.4. The van der Waals surface area contributed by atoms with E-state index in [1.54, 1.807) is 11.0 Å². The van der Waals surface area contributed by atoms with Gasteiger partial charge in [0.25, 0.3) is 6.47 Å². The minimum Gasteiger partial charge on any atom is -0.494 e. The Bertz CT molecular complexity index is 1080. The molecular weight excluding hydrogens is 424 g/mol. The Kier molecular flexibility index (Phi) is 7.19. The second kappa shape index (κ2) is 10.0. The number of hydrogen-bond donors (Lipinski definition) is 2. The molecule has 11 heteroatoms. The number of aromatic nitrogens is 2. The van der Waals surface area contributed by atoms with Crippen LogP contribution in [0.3, 0.4) is 0 Å². The van der Waals surface area contributed by atoms with E-state index in [0.717, 1.165) is 21.7 Å². The predicted molar refractivity (Wildman–Crippen MR) is 113 cm³/mol. The van der Waals surface area contributed by atoms with E-state index >= 15 is 0 Å². The maximum atomic E-state index is 12.5. The van der Waals surface area contributed by atoms with Crippen molar-refractivity contribution < 1.29 is 28.8 Å². The van der Waals surface area contributed by atoms with E-state index in [-0.39, 0.29) is 31.3 Å². The highest BCUT2D eigenvalue weighted by atomic mass is 32.1. The fourth-order valence-electron chi connectivity index (χ4n) is 3.15. The summed E-state index contributed by atoms with van der Waals surface area (Å²) in [4.78, 5) is 39.4. The van der Waals surface area contributed by atoms with Gasteiger partial charge in [-0.3, -0.25) is 19.3 Å². The summed E-state index contributed by atoms with van der Waals surface area (Å²) in [6.07, 6.45) is 0.168. The number of benzene rings is 1. The number of thiazole rings is 1. The Morgan fingerprint density at radius 1 is 1.45 bits per heavy atom.